The van der Waals surface area contributed by atoms with E-state index in [-0.39, 0.29) is 88.7 Å². The van der Waals surface area contributed by atoms with Gasteiger partial charge in [-0.05, 0) is 0 Å². The molecule has 0 rings (SSSR count). The van der Waals surface area contributed by atoms with Crippen molar-refractivity contribution in [1.29, 1.82) is 0 Å². The monoisotopic (exact) mass is 328 g/mol. The van der Waals surface area contributed by atoms with Crippen molar-refractivity contribution in [1.82, 2.24) is 5.48 Å². The summed E-state index contributed by atoms with van der Waals surface area (Å²) in [5, 5.41) is 30.0. The molecule has 0 amide bonds. The Labute approximate surface area is 184 Å². The summed E-state index contributed by atoms with van der Waals surface area (Å²) in [7, 11) is 0. The van der Waals surface area contributed by atoms with Gasteiger partial charge in [0.2, 0.25) is 0 Å². The summed E-state index contributed by atoms with van der Waals surface area (Å²) in [6.45, 7) is 4.20. The Bertz CT molecular complexity index is 166. The third-order valence-electron chi connectivity index (χ3n) is 0.256. The summed E-state index contributed by atoms with van der Waals surface area (Å²) >= 11 is 0. The van der Waals surface area contributed by atoms with Crippen molar-refractivity contribution >= 4 is 107 Å². The molecule has 0 aromatic rings. The Morgan fingerprint density at radius 1 is 0.850 bits per heavy atom. The molecule has 9 nitrogen and oxygen atoms in total. The number of carbonyl (C=O) groups is 3. The SMILES string of the molecule is CC(=O)O.CC(=O)O.CC(=O)O.NCCNO.[NaH].[NaH].[NaH]. The molecule has 0 spiro atoms. The maximum atomic E-state index is 9.00. The van der Waals surface area contributed by atoms with Crippen LogP contribution in [0, 0.1) is 0 Å². The minimum absolute atomic E-state index is 0. The second kappa shape index (κ2) is 42.7. The van der Waals surface area contributed by atoms with Crippen molar-refractivity contribution < 1.29 is 34.9 Å². The summed E-state index contributed by atoms with van der Waals surface area (Å²) < 4.78 is 0. The van der Waals surface area contributed by atoms with Crippen LogP contribution in [0.2, 0.25) is 0 Å². The predicted molar refractivity (Wildman–Crippen MR) is 80.2 cm³/mol. The molecule has 0 atom stereocenters. The van der Waals surface area contributed by atoms with Crippen molar-refractivity contribution in [2.75, 3.05) is 13.1 Å². The Morgan fingerprint density at radius 3 is 1.00 bits per heavy atom. The molecule has 0 radical (unpaired) electrons. The summed E-state index contributed by atoms with van der Waals surface area (Å²) in [5.41, 5.74) is 6.81. The predicted octanol–water partition coefficient (Wildman–Crippen LogP) is -2.75. The Kier molecular flexibility index (Phi) is 91.7. The first-order valence-corrected chi connectivity index (χ1v) is 4.27. The molecule has 7 N–H and O–H groups in total. The molecular formula is C8H23N2Na3O7. The fourth-order valence-corrected chi connectivity index (χ4v) is 0.0645. The van der Waals surface area contributed by atoms with Gasteiger partial charge in [-0.25, -0.2) is 5.48 Å². The number of hydroxylamine groups is 1. The van der Waals surface area contributed by atoms with E-state index in [1.54, 1.807) is 0 Å². The van der Waals surface area contributed by atoms with Gasteiger partial charge in [0.1, 0.15) is 0 Å². The Morgan fingerprint density at radius 2 is 1.00 bits per heavy atom. The van der Waals surface area contributed by atoms with Gasteiger partial charge in [0.05, 0.1) is 0 Å². The van der Waals surface area contributed by atoms with Crippen LogP contribution in [0.5, 0.6) is 0 Å². The van der Waals surface area contributed by atoms with Gasteiger partial charge in [-0.2, -0.15) is 0 Å². The fourth-order valence-electron chi connectivity index (χ4n) is 0.0645. The average molecular weight is 328 g/mol. The van der Waals surface area contributed by atoms with E-state index in [0.717, 1.165) is 20.8 Å². The summed E-state index contributed by atoms with van der Waals surface area (Å²) in [5.74, 6) is -2.50. The Hall–Kier alpha value is 1.29. The van der Waals surface area contributed by atoms with Gasteiger partial charge < -0.3 is 26.3 Å². The van der Waals surface area contributed by atoms with Crippen molar-refractivity contribution in [3.8, 4) is 0 Å². The summed E-state index contributed by atoms with van der Waals surface area (Å²) in [6, 6.07) is 0. The van der Waals surface area contributed by atoms with Gasteiger partial charge in [-0.15, -0.1) is 0 Å². The summed E-state index contributed by atoms with van der Waals surface area (Å²) in [4.78, 5) is 27.0. The molecule has 110 valence electrons. The third-order valence-corrected chi connectivity index (χ3v) is 0.256. The number of hydrogen-bond acceptors (Lipinski definition) is 6. The Balaban J connectivity index is -0.0000000216. The van der Waals surface area contributed by atoms with Crippen LogP contribution in [0.25, 0.3) is 0 Å². The molecule has 0 fully saturated rings. The first-order chi connectivity index (χ1) is 7.61. The molecule has 20 heavy (non-hydrogen) atoms. The molecule has 0 saturated carbocycles. The molecule has 0 saturated heterocycles. The van der Waals surface area contributed by atoms with E-state index in [4.69, 9.17) is 40.6 Å². The van der Waals surface area contributed by atoms with Crippen LogP contribution in [0.4, 0.5) is 0 Å². The van der Waals surface area contributed by atoms with Crippen molar-refractivity contribution in [3.63, 3.8) is 0 Å². The topological polar surface area (TPSA) is 170 Å². The second-order valence-corrected chi connectivity index (χ2v) is 2.25. The zero-order valence-corrected chi connectivity index (χ0v) is 10.0. The van der Waals surface area contributed by atoms with Crippen molar-refractivity contribution in [3.05, 3.63) is 0 Å². The normalized spacial score (nSPS) is 5.85. The molecule has 0 aromatic heterocycles. The van der Waals surface area contributed by atoms with E-state index in [9.17, 15) is 0 Å². The number of rotatable bonds is 2. The molecular weight excluding hydrogens is 305 g/mol. The standard InChI is InChI=1S/C2H8N2O.3C2H4O2.3Na.3H/c3-1-2-4-5;3*1-2(3)4;;;;;;/h4-5H,1-3H2;3*1H3,(H,3,4);;;;;;. The number of carboxylic acids is 3. The number of aliphatic carboxylic acids is 3. The molecule has 0 aromatic carbocycles. The van der Waals surface area contributed by atoms with E-state index in [1.807, 2.05) is 5.48 Å². The quantitative estimate of drug-likeness (QED) is 0.232. The van der Waals surface area contributed by atoms with E-state index in [1.165, 1.54) is 0 Å². The van der Waals surface area contributed by atoms with Crippen LogP contribution >= 0.6 is 0 Å². The van der Waals surface area contributed by atoms with E-state index < -0.39 is 17.9 Å². The van der Waals surface area contributed by atoms with Gasteiger partial charge >= 0.3 is 88.7 Å². The van der Waals surface area contributed by atoms with E-state index in [0.29, 0.717) is 13.1 Å². The molecule has 0 aliphatic heterocycles. The first kappa shape index (κ1) is 42.9. The van der Waals surface area contributed by atoms with Gasteiger partial charge in [-0.1, -0.05) is 0 Å². The molecule has 12 heteroatoms. The number of hydrogen-bond donors (Lipinski definition) is 6. The van der Waals surface area contributed by atoms with E-state index >= 15 is 0 Å². The third kappa shape index (κ3) is 596. The zero-order chi connectivity index (χ0) is 14.9. The van der Waals surface area contributed by atoms with Gasteiger partial charge in [0.15, 0.2) is 0 Å². The number of nitrogens with one attached hydrogen (secondary N) is 1. The van der Waals surface area contributed by atoms with Crippen LogP contribution < -0.4 is 11.2 Å². The van der Waals surface area contributed by atoms with Crippen LogP contribution in [-0.4, -0.2) is 140 Å². The number of carboxylic acid groups (broad SMARTS) is 3. The average Bonchev–Trinajstić information content (AvgIpc) is 2.01. The van der Waals surface area contributed by atoms with Crippen molar-refractivity contribution in [2.45, 2.75) is 20.8 Å². The van der Waals surface area contributed by atoms with E-state index in [2.05, 4.69) is 0 Å². The van der Waals surface area contributed by atoms with Gasteiger partial charge in [0, 0.05) is 33.9 Å². The second-order valence-electron chi connectivity index (χ2n) is 2.25. The van der Waals surface area contributed by atoms with Crippen LogP contribution in [0.3, 0.4) is 0 Å². The van der Waals surface area contributed by atoms with Crippen molar-refractivity contribution in [2.24, 2.45) is 5.73 Å². The summed E-state index contributed by atoms with van der Waals surface area (Å²) in [6.07, 6.45) is 0. The maximum absolute atomic E-state index is 9.00. The molecule has 0 bridgehead atoms. The first-order valence-electron chi connectivity index (χ1n) is 4.27. The molecule has 0 heterocycles. The zero-order valence-electron chi connectivity index (χ0n) is 10.0. The van der Waals surface area contributed by atoms with Gasteiger partial charge in [0.25, 0.3) is 17.9 Å². The van der Waals surface area contributed by atoms with Crippen LogP contribution in [-0.2, 0) is 14.4 Å². The molecule has 0 unspecified atom stereocenters. The molecule has 0 aliphatic rings. The van der Waals surface area contributed by atoms with Crippen LogP contribution in [0.1, 0.15) is 20.8 Å². The fraction of sp³-hybridized carbons (Fsp3) is 0.625. The molecule has 0 aliphatic carbocycles. The van der Waals surface area contributed by atoms with Crippen LogP contribution in [0.15, 0.2) is 0 Å². The minimum atomic E-state index is -0.833. The van der Waals surface area contributed by atoms with Gasteiger partial charge in [-0.3, -0.25) is 14.4 Å². The number of nitrogens with two attached hydrogens (primary N) is 1.